The van der Waals surface area contributed by atoms with Crippen LogP contribution < -0.4 is 0 Å². The van der Waals surface area contributed by atoms with Crippen LogP contribution in [0, 0.1) is 40.4 Å². The van der Waals surface area contributed by atoms with Crippen molar-refractivity contribution in [3.8, 4) is 0 Å². The Morgan fingerprint density at radius 1 is 0.919 bits per heavy atom. The predicted molar refractivity (Wildman–Crippen MR) is 125 cm³/mol. The van der Waals surface area contributed by atoms with Gasteiger partial charge in [-0.15, -0.1) is 0 Å². The minimum Gasteiger partial charge on any atom is -0.454 e. The number of esters is 2. The van der Waals surface area contributed by atoms with Crippen LogP contribution in [0.15, 0.2) is 0 Å². The minimum atomic E-state index is -5.97. The fourth-order valence-electron chi connectivity index (χ4n) is 9.97. The van der Waals surface area contributed by atoms with Gasteiger partial charge in [-0.25, -0.2) is 4.79 Å². The van der Waals surface area contributed by atoms with Crippen molar-refractivity contribution in [3.63, 3.8) is 0 Å². The summed E-state index contributed by atoms with van der Waals surface area (Å²) in [7, 11) is -5.97. The fraction of sp³-hybridized carbons (Fsp3) is 0.923. The van der Waals surface area contributed by atoms with Crippen molar-refractivity contribution in [1.82, 2.24) is 0 Å². The maximum atomic E-state index is 14.0. The topological polar surface area (TPSA) is 116 Å². The van der Waals surface area contributed by atoms with Gasteiger partial charge in [-0.1, -0.05) is 0 Å². The Hall–Kier alpha value is -1.33. The number of halogens is 2. The molecule has 8 fully saturated rings. The van der Waals surface area contributed by atoms with Crippen LogP contribution in [-0.2, 0) is 33.9 Å². The third-order valence-corrected chi connectivity index (χ3v) is 11.2. The molecule has 3 unspecified atom stereocenters. The zero-order valence-electron chi connectivity index (χ0n) is 21.1. The second kappa shape index (κ2) is 8.34. The third-order valence-electron chi connectivity index (χ3n) is 10.4. The lowest BCUT2D eigenvalue weighted by Crippen LogP contribution is -2.61. The van der Waals surface area contributed by atoms with E-state index in [9.17, 15) is 26.8 Å². The molecule has 0 heterocycles. The van der Waals surface area contributed by atoms with E-state index in [0.717, 1.165) is 24.2 Å². The average Bonchev–Trinajstić information content (AvgIpc) is 2.75. The van der Waals surface area contributed by atoms with Crippen molar-refractivity contribution in [1.29, 1.82) is 0 Å². The second-order valence-electron chi connectivity index (χ2n) is 13.5. The molecule has 0 amide bonds. The molecule has 0 aliphatic heterocycles. The average molecular weight is 547 g/mol. The van der Waals surface area contributed by atoms with Crippen molar-refractivity contribution in [2.75, 3.05) is 6.61 Å². The maximum absolute atomic E-state index is 14.0. The van der Waals surface area contributed by atoms with E-state index < -0.39 is 44.6 Å². The predicted octanol–water partition coefficient (Wildman–Crippen LogP) is 4.47. The normalized spacial score (nSPS) is 44.6. The standard InChI is InChI=1S/C26H36F2O8S/c1-15(34-14-23-6-16-2-17(7-23)4-18(3-16)8-23)35-21(29)24-9-19-5-20(10-24)12-25(11-19,13-24)36-22(30)26(27,28)37(31,32)33/h15-20H,2-14H2,1H3,(H,31,32,33). The number of hydrogen-bond acceptors (Lipinski definition) is 7. The van der Waals surface area contributed by atoms with E-state index in [2.05, 4.69) is 0 Å². The Morgan fingerprint density at radius 3 is 1.95 bits per heavy atom. The van der Waals surface area contributed by atoms with Gasteiger partial charge in [0.1, 0.15) is 5.60 Å². The summed E-state index contributed by atoms with van der Waals surface area (Å²) in [6, 6.07) is 0. The molecule has 0 saturated heterocycles. The summed E-state index contributed by atoms with van der Waals surface area (Å²) >= 11 is 0. The first-order chi connectivity index (χ1) is 17.2. The van der Waals surface area contributed by atoms with E-state index in [0.29, 0.717) is 19.4 Å². The highest BCUT2D eigenvalue weighted by atomic mass is 32.2. The fourth-order valence-corrected chi connectivity index (χ4v) is 10.2. The molecule has 0 aromatic heterocycles. The van der Waals surface area contributed by atoms with E-state index >= 15 is 0 Å². The van der Waals surface area contributed by atoms with Crippen molar-refractivity contribution in [2.45, 2.75) is 101 Å². The van der Waals surface area contributed by atoms with Gasteiger partial charge in [0.25, 0.3) is 0 Å². The zero-order valence-corrected chi connectivity index (χ0v) is 21.9. The van der Waals surface area contributed by atoms with Crippen molar-refractivity contribution in [2.24, 2.45) is 40.4 Å². The van der Waals surface area contributed by atoms with Crippen molar-refractivity contribution in [3.05, 3.63) is 0 Å². The van der Waals surface area contributed by atoms with Crippen LogP contribution in [0.5, 0.6) is 0 Å². The van der Waals surface area contributed by atoms with E-state index in [1.54, 1.807) is 6.92 Å². The van der Waals surface area contributed by atoms with Gasteiger partial charge >= 0.3 is 27.3 Å². The molecule has 37 heavy (non-hydrogen) atoms. The maximum Gasteiger partial charge on any atom is 0.465 e. The number of carbonyl (C=O) groups is 2. The van der Waals surface area contributed by atoms with Gasteiger partial charge in [0.2, 0.25) is 0 Å². The van der Waals surface area contributed by atoms with Crippen LogP contribution in [-0.4, -0.2) is 48.7 Å². The summed E-state index contributed by atoms with van der Waals surface area (Å²) in [6.07, 6.45) is 9.15. The monoisotopic (exact) mass is 546 g/mol. The number of rotatable bonds is 8. The highest BCUT2D eigenvalue weighted by Crippen LogP contribution is 2.64. The van der Waals surface area contributed by atoms with Gasteiger partial charge in [-0.3, -0.25) is 9.35 Å². The molecule has 8 rings (SSSR count). The Balaban J connectivity index is 1.11. The Bertz CT molecular complexity index is 1040. The van der Waals surface area contributed by atoms with Gasteiger partial charge in [0, 0.05) is 6.42 Å². The molecular weight excluding hydrogens is 510 g/mol. The summed E-state index contributed by atoms with van der Waals surface area (Å²) in [5, 5.41) is -5.07. The number of alkyl halides is 2. The highest BCUT2D eigenvalue weighted by molar-refractivity contribution is 7.87. The Kier molecular flexibility index (Phi) is 5.84. The lowest BCUT2D eigenvalue weighted by molar-refractivity contribution is -0.233. The SMILES string of the molecule is CC(OCC12CC3CC(CC(C3)C1)C2)OC(=O)C12CC3CC(CC(OC(=O)C(F)(F)S(=O)(=O)O)(C3)C1)C2. The van der Waals surface area contributed by atoms with Crippen LogP contribution in [0.3, 0.4) is 0 Å². The Labute approximate surface area is 215 Å². The van der Waals surface area contributed by atoms with Crippen LogP contribution in [0.25, 0.3) is 0 Å². The van der Waals surface area contributed by atoms with Crippen LogP contribution in [0.4, 0.5) is 8.78 Å². The summed E-state index contributed by atoms with van der Waals surface area (Å²) in [5.74, 6) is -0.465. The zero-order chi connectivity index (χ0) is 26.4. The van der Waals surface area contributed by atoms with Gasteiger partial charge in [-0.05, 0) is 113 Å². The summed E-state index contributed by atoms with van der Waals surface area (Å²) < 4.78 is 75.9. The highest BCUT2D eigenvalue weighted by Gasteiger charge is 2.65. The van der Waals surface area contributed by atoms with Crippen molar-refractivity contribution >= 4 is 22.1 Å². The molecule has 1 N–H and O–H groups in total. The summed E-state index contributed by atoms with van der Waals surface area (Å²) in [5.41, 5.74) is -2.19. The third kappa shape index (κ3) is 4.40. The number of carbonyl (C=O) groups excluding carboxylic acids is 2. The van der Waals surface area contributed by atoms with Gasteiger partial charge in [-0.2, -0.15) is 17.2 Å². The van der Waals surface area contributed by atoms with E-state index in [1.165, 1.54) is 38.5 Å². The van der Waals surface area contributed by atoms with E-state index in [1.807, 2.05) is 0 Å². The molecule has 8 nitrogen and oxygen atoms in total. The molecule has 3 atom stereocenters. The molecule has 208 valence electrons. The summed E-state index contributed by atoms with van der Waals surface area (Å²) in [6.45, 7) is 2.27. The van der Waals surface area contributed by atoms with Gasteiger partial charge in [0.15, 0.2) is 6.29 Å². The largest absolute Gasteiger partial charge is 0.465 e. The smallest absolute Gasteiger partial charge is 0.454 e. The Morgan fingerprint density at radius 2 is 1.43 bits per heavy atom. The molecule has 8 aliphatic carbocycles. The number of hydrogen-bond donors (Lipinski definition) is 1. The molecule has 8 saturated carbocycles. The molecule has 8 bridgehead atoms. The molecule has 8 aliphatic rings. The molecule has 11 heteroatoms. The molecule has 0 spiro atoms. The van der Waals surface area contributed by atoms with Crippen LogP contribution in [0.2, 0.25) is 0 Å². The van der Waals surface area contributed by atoms with E-state index in [4.69, 9.17) is 18.8 Å². The van der Waals surface area contributed by atoms with Crippen LogP contribution in [0.1, 0.15) is 84.0 Å². The molecule has 0 radical (unpaired) electrons. The second-order valence-corrected chi connectivity index (χ2v) is 15.0. The lowest BCUT2D eigenvalue weighted by atomic mass is 9.48. The first kappa shape index (κ1) is 25.9. The first-order valence-corrected chi connectivity index (χ1v) is 15.1. The summed E-state index contributed by atoms with van der Waals surface area (Å²) in [4.78, 5) is 25.6. The van der Waals surface area contributed by atoms with E-state index in [-0.39, 0.29) is 36.5 Å². The van der Waals surface area contributed by atoms with Gasteiger partial charge < -0.3 is 14.2 Å². The molecular formula is C26H36F2O8S. The van der Waals surface area contributed by atoms with Crippen LogP contribution >= 0.6 is 0 Å². The quantitative estimate of drug-likeness (QED) is 0.269. The van der Waals surface area contributed by atoms with Crippen molar-refractivity contribution < 1.29 is 45.6 Å². The molecule has 0 aromatic carbocycles. The van der Waals surface area contributed by atoms with Gasteiger partial charge in [0.05, 0.1) is 12.0 Å². The minimum absolute atomic E-state index is 0.000820. The first-order valence-electron chi connectivity index (χ1n) is 13.6. The molecule has 0 aromatic rings. The number of ether oxygens (including phenoxy) is 3. The lowest BCUT2D eigenvalue weighted by Gasteiger charge is -2.59.